The van der Waals surface area contributed by atoms with Crippen LogP contribution in [-0.4, -0.2) is 54.9 Å². The van der Waals surface area contributed by atoms with Crippen LogP contribution in [0.5, 0.6) is 0 Å². The van der Waals surface area contributed by atoms with Gasteiger partial charge in [-0.25, -0.2) is 4.98 Å². The lowest BCUT2D eigenvalue weighted by molar-refractivity contribution is -0.134. The summed E-state index contributed by atoms with van der Waals surface area (Å²) >= 11 is 0. The molecule has 2 aliphatic heterocycles. The molecular weight excluding hydrogens is 298 g/mol. The quantitative estimate of drug-likeness (QED) is 0.620. The maximum atomic E-state index is 12.2. The van der Waals surface area contributed by atoms with Crippen LogP contribution in [-0.2, 0) is 9.59 Å². The van der Waals surface area contributed by atoms with Crippen LogP contribution in [0.2, 0.25) is 0 Å². The standard InChI is InChI=1S/C15H19N5O3/c21-13-4-3-12(15(23)19-13)18-14(22)11-2-1-10(9-17-11)20-7-5-16-6-8-20/h1-2,9,12,16H,3-8H2,(H,18,22)(H,19,21,23)/t12-/m0/s1. The van der Waals surface area contributed by atoms with Gasteiger partial charge in [0.1, 0.15) is 11.7 Å². The summed E-state index contributed by atoms with van der Waals surface area (Å²) in [5, 5.41) is 8.11. The lowest BCUT2D eigenvalue weighted by Crippen LogP contribution is -2.52. The van der Waals surface area contributed by atoms with E-state index < -0.39 is 17.9 Å². The van der Waals surface area contributed by atoms with E-state index in [2.05, 4.69) is 25.8 Å². The largest absolute Gasteiger partial charge is 0.368 e. The summed E-state index contributed by atoms with van der Waals surface area (Å²) in [4.78, 5) is 41.3. The van der Waals surface area contributed by atoms with Crippen LogP contribution in [0.25, 0.3) is 0 Å². The first-order chi connectivity index (χ1) is 11.1. The highest BCUT2D eigenvalue weighted by Gasteiger charge is 2.28. The van der Waals surface area contributed by atoms with Gasteiger partial charge in [-0.15, -0.1) is 0 Å². The number of anilines is 1. The van der Waals surface area contributed by atoms with Crippen molar-refractivity contribution in [2.75, 3.05) is 31.1 Å². The number of nitrogens with zero attached hydrogens (tertiary/aromatic N) is 2. The number of rotatable bonds is 3. The molecule has 2 saturated heterocycles. The fourth-order valence-corrected chi connectivity index (χ4v) is 2.69. The zero-order valence-corrected chi connectivity index (χ0v) is 12.7. The molecule has 3 N–H and O–H groups in total. The molecule has 3 rings (SSSR count). The van der Waals surface area contributed by atoms with Crippen molar-refractivity contribution in [2.24, 2.45) is 0 Å². The van der Waals surface area contributed by atoms with E-state index in [1.54, 1.807) is 12.3 Å². The van der Waals surface area contributed by atoms with Gasteiger partial charge in [-0.1, -0.05) is 0 Å². The predicted molar refractivity (Wildman–Crippen MR) is 83.0 cm³/mol. The third kappa shape index (κ3) is 3.65. The van der Waals surface area contributed by atoms with Gasteiger partial charge >= 0.3 is 0 Å². The number of piperazine rings is 1. The molecule has 23 heavy (non-hydrogen) atoms. The monoisotopic (exact) mass is 317 g/mol. The zero-order valence-electron chi connectivity index (χ0n) is 12.7. The van der Waals surface area contributed by atoms with Gasteiger partial charge in [0.05, 0.1) is 11.9 Å². The third-order valence-corrected chi connectivity index (χ3v) is 4.01. The molecule has 0 spiro atoms. The number of aromatic nitrogens is 1. The van der Waals surface area contributed by atoms with E-state index in [4.69, 9.17) is 0 Å². The van der Waals surface area contributed by atoms with Crippen LogP contribution in [0, 0.1) is 0 Å². The van der Waals surface area contributed by atoms with E-state index >= 15 is 0 Å². The highest BCUT2D eigenvalue weighted by molar-refractivity contribution is 6.03. The van der Waals surface area contributed by atoms with Crippen LogP contribution in [0.1, 0.15) is 23.3 Å². The van der Waals surface area contributed by atoms with Crippen molar-refractivity contribution >= 4 is 23.4 Å². The van der Waals surface area contributed by atoms with Crippen LogP contribution in [0.4, 0.5) is 5.69 Å². The molecule has 1 aromatic heterocycles. The van der Waals surface area contributed by atoms with E-state index in [1.807, 2.05) is 6.07 Å². The van der Waals surface area contributed by atoms with E-state index in [9.17, 15) is 14.4 Å². The van der Waals surface area contributed by atoms with E-state index in [-0.39, 0.29) is 18.0 Å². The zero-order chi connectivity index (χ0) is 16.2. The average molecular weight is 317 g/mol. The molecule has 3 heterocycles. The minimum atomic E-state index is -0.685. The Bertz CT molecular complexity index is 610. The molecule has 2 fully saturated rings. The lowest BCUT2D eigenvalue weighted by atomic mass is 10.1. The number of pyridine rings is 1. The predicted octanol–water partition coefficient (Wildman–Crippen LogP) is -0.974. The SMILES string of the molecule is O=C1CC[C@H](NC(=O)c2ccc(N3CCNCC3)cn2)C(=O)N1. The first-order valence-electron chi connectivity index (χ1n) is 7.70. The molecule has 3 amide bonds. The Kier molecular flexibility index (Phi) is 4.52. The Hall–Kier alpha value is -2.48. The maximum absolute atomic E-state index is 12.2. The van der Waals surface area contributed by atoms with Gasteiger partial charge in [0.25, 0.3) is 5.91 Å². The highest BCUT2D eigenvalue weighted by Crippen LogP contribution is 2.14. The molecule has 0 saturated carbocycles. The summed E-state index contributed by atoms with van der Waals surface area (Å²) in [7, 11) is 0. The molecule has 0 unspecified atom stereocenters. The van der Waals surface area contributed by atoms with Gasteiger partial charge in [0, 0.05) is 32.6 Å². The van der Waals surface area contributed by atoms with Crippen LogP contribution in [0.3, 0.4) is 0 Å². The van der Waals surface area contributed by atoms with E-state index in [0.29, 0.717) is 6.42 Å². The number of nitrogens with one attached hydrogen (secondary N) is 3. The summed E-state index contributed by atoms with van der Waals surface area (Å²) in [5.41, 5.74) is 1.23. The topological polar surface area (TPSA) is 103 Å². The Morgan fingerprint density at radius 1 is 1.26 bits per heavy atom. The summed E-state index contributed by atoms with van der Waals surface area (Å²) in [6.07, 6.45) is 2.21. The van der Waals surface area contributed by atoms with Gasteiger partial charge in [-0.3, -0.25) is 19.7 Å². The summed E-state index contributed by atoms with van der Waals surface area (Å²) in [6.45, 7) is 3.67. The van der Waals surface area contributed by atoms with Crippen LogP contribution in [0.15, 0.2) is 18.3 Å². The molecule has 8 nitrogen and oxygen atoms in total. The molecule has 0 radical (unpaired) electrons. The van der Waals surface area contributed by atoms with Gasteiger partial charge in [0.15, 0.2) is 0 Å². The van der Waals surface area contributed by atoms with Crippen molar-refractivity contribution in [2.45, 2.75) is 18.9 Å². The first-order valence-corrected chi connectivity index (χ1v) is 7.70. The normalized spacial score (nSPS) is 21.7. The molecule has 2 aliphatic rings. The Morgan fingerprint density at radius 2 is 2.04 bits per heavy atom. The molecule has 1 aromatic rings. The molecule has 0 aliphatic carbocycles. The number of carbonyl (C=O) groups excluding carboxylic acids is 3. The summed E-state index contributed by atoms with van der Waals surface area (Å²) in [6, 6.07) is 2.82. The fourth-order valence-electron chi connectivity index (χ4n) is 2.69. The van der Waals surface area contributed by atoms with Crippen molar-refractivity contribution in [1.29, 1.82) is 0 Å². The number of amides is 3. The van der Waals surface area contributed by atoms with Gasteiger partial charge in [0.2, 0.25) is 11.8 Å². The minimum Gasteiger partial charge on any atom is -0.368 e. The van der Waals surface area contributed by atoms with Crippen molar-refractivity contribution in [3.05, 3.63) is 24.0 Å². The number of hydrogen-bond donors (Lipinski definition) is 3. The van der Waals surface area contributed by atoms with Crippen molar-refractivity contribution in [1.82, 2.24) is 20.9 Å². The molecule has 122 valence electrons. The van der Waals surface area contributed by atoms with E-state index in [1.165, 1.54) is 0 Å². The van der Waals surface area contributed by atoms with Gasteiger partial charge in [-0.05, 0) is 18.6 Å². The molecular formula is C15H19N5O3. The number of piperidine rings is 1. The molecule has 1 atom stereocenters. The second-order valence-electron chi connectivity index (χ2n) is 5.62. The van der Waals surface area contributed by atoms with Gasteiger partial charge < -0.3 is 15.5 Å². The lowest BCUT2D eigenvalue weighted by Gasteiger charge is -2.29. The summed E-state index contributed by atoms with van der Waals surface area (Å²) < 4.78 is 0. The van der Waals surface area contributed by atoms with Crippen LogP contribution >= 0.6 is 0 Å². The second kappa shape index (κ2) is 6.74. The number of hydrogen-bond acceptors (Lipinski definition) is 6. The Labute approximate surface area is 133 Å². The van der Waals surface area contributed by atoms with Crippen LogP contribution < -0.4 is 20.9 Å². The second-order valence-corrected chi connectivity index (χ2v) is 5.62. The molecule has 8 heteroatoms. The minimum absolute atomic E-state index is 0.228. The van der Waals surface area contributed by atoms with Crippen molar-refractivity contribution < 1.29 is 14.4 Å². The third-order valence-electron chi connectivity index (χ3n) is 4.01. The summed E-state index contributed by atoms with van der Waals surface area (Å²) in [5.74, 6) is -1.18. The molecule has 0 aromatic carbocycles. The van der Waals surface area contributed by atoms with E-state index in [0.717, 1.165) is 31.9 Å². The fraction of sp³-hybridized carbons (Fsp3) is 0.467. The smallest absolute Gasteiger partial charge is 0.270 e. The highest BCUT2D eigenvalue weighted by atomic mass is 16.2. The number of carbonyl (C=O) groups is 3. The maximum Gasteiger partial charge on any atom is 0.270 e. The Balaban J connectivity index is 1.61. The average Bonchev–Trinajstić information content (AvgIpc) is 2.58. The van der Waals surface area contributed by atoms with Gasteiger partial charge in [-0.2, -0.15) is 0 Å². The molecule has 0 bridgehead atoms. The first kappa shape index (κ1) is 15.4. The number of imide groups is 1. The van der Waals surface area contributed by atoms with Crippen molar-refractivity contribution in [3.63, 3.8) is 0 Å². The van der Waals surface area contributed by atoms with Crippen molar-refractivity contribution in [3.8, 4) is 0 Å². The Morgan fingerprint density at radius 3 is 2.70 bits per heavy atom.